The van der Waals surface area contributed by atoms with Crippen LogP contribution in [0.4, 0.5) is 4.39 Å². The molecule has 0 bridgehead atoms. The van der Waals surface area contributed by atoms with Crippen LogP contribution in [0.25, 0.3) is 0 Å². The van der Waals surface area contributed by atoms with E-state index in [4.69, 9.17) is 26.8 Å². The Hall–Kier alpha value is -1.49. The average Bonchev–Trinajstić information content (AvgIpc) is 2.70. The Morgan fingerprint density at radius 1 is 1.59 bits per heavy atom. The molecule has 0 saturated heterocycles. The van der Waals surface area contributed by atoms with Gasteiger partial charge in [-0.3, -0.25) is 0 Å². The van der Waals surface area contributed by atoms with Crippen LogP contribution in [0.15, 0.2) is 23.2 Å². The maximum Gasteiger partial charge on any atom is 0.282 e. The highest BCUT2D eigenvalue weighted by Gasteiger charge is 2.16. The summed E-state index contributed by atoms with van der Waals surface area (Å²) in [6.45, 7) is 0.937. The summed E-state index contributed by atoms with van der Waals surface area (Å²) in [6, 6.07) is 4.50. The van der Waals surface area contributed by atoms with E-state index in [1.165, 1.54) is 18.2 Å². The van der Waals surface area contributed by atoms with Crippen LogP contribution in [-0.2, 0) is 4.74 Å². The van der Waals surface area contributed by atoms with Crippen molar-refractivity contribution < 1.29 is 13.9 Å². The minimum Gasteiger partial charge on any atom is -0.493 e. The van der Waals surface area contributed by atoms with Crippen LogP contribution in [0.2, 0.25) is 5.02 Å². The summed E-state index contributed by atoms with van der Waals surface area (Å²) >= 11 is 5.63. The van der Waals surface area contributed by atoms with Gasteiger partial charge in [0.15, 0.2) is 0 Å². The summed E-state index contributed by atoms with van der Waals surface area (Å²) < 4.78 is 23.3. The molecule has 0 aliphatic carbocycles. The van der Waals surface area contributed by atoms with E-state index in [-0.39, 0.29) is 17.1 Å². The van der Waals surface area contributed by atoms with Gasteiger partial charge in [-0.15, -0.1) is 0 Å². The molecular weight excluding hydrogens is 247 g/mol. The lowest BCUT2D eigenvalue weighted by Gasteiger charge is -2.08. The maximum atomic E-state index is 12.9. The Balaban J connectivity index is 1.80. The molecule has 0 aromatic heterocycles. The van der Waals surface area contributed by atoms with Gasteiger partial charge in [0.2, 0.25) is 0 Å². The molecule has 1 aliphatic rings. The first-order chi connectivity index (χ1) is 8.15. The standard InChI is InChI=1S/C11H12ClFN2O2/c12-9-5-8(1-2-10(9)13)16-4-3-7-6-17-11(14)15-7/h1-2,5,7H,3-4,6H2,(H2,14,15)/t7-/m0/s1. The van der Waals surface area contributed by atoms with E-state index in [9.17, 15) is 4.39 Å². The summed E-state index contributed by atoms with van der Waals surface area (Å²) in [4.78, 5) is 4.06. The summed E-state index contributed by atoms with van der Waals surface area (Å²) in [5.74, 6) is 0.0767. The Morgan fingerprint density at radius 2 is 2.41 bits per heavy atom. The summed E-state index contributed by atoms with van der Waals surface area (Å²) in [5, 5.41) is 0.0500. The quantitative estimate of drug-likeness (QED) is 0.898. The lowest BCUT2D eigenvalue weighted by molar-refractivity contribution is 0.263. The van der Waals surface area contributed by atoms with Crippen molar-refractivity contribution in [2.24, 2.45) is 10.7 Å². The molecule has 0 fully saturated rings. The molecule has 0 unspecified atom stereocenters. The number of nitrogens with zero attached hydrogens (tertiary/aromatic N) is 1. The van der Waals surface area contributed by atoms with Gasteiger partial charge in [-0.25, -0.2) is 9.38 Å². The maximum absolute atomic E-state index is 12.9. The Morgan fingerprint density at radius 3 is 3.06 bits per heavy atom. The monoisotopic (exact) mass is 258 g/mol. The van der Waals surface area contributed by atoms with Crippen LogP contribution in [0.5, 0.6) is 5.75 Å². The molecule has 17 heavy (non-hydrogen) atoms. The van der Waals surface area contributed by atoms with Crippen molar-refractivity contribution in [3.8, 4) is 5.75 Å². The van der Waals surface area contributed by atoms with E-state index < -0.39 is 5.82 Å². The molecule has 0 spiro atoms. The fourth-order valence-electron chi connectivity index (χ4n) is 1.46. The van der Waals surface area contributed by atoms with Crippen molar-refractivity contribution in [1.82, 2.24) is 0 Å². The molecule has 1 aliphatic heterocycles. The normalized spacial score (nSPS) is 18.7. The largest absolute Gasteiger partial charge is 0.493 e. The van der Waals surface area contributed by atoms with E-state index in [0.29, 0.717) is 25.4 Å². The third kappa shape index (κ3) is 3.23. The molecule has 0 radical (unpaired) electrons. The number of amidine groups is 1. The number of hydrogen-bond donors (Lipinski definition) is 1. The first kappa shape index (κ1) is 12.0. The van der Waals surface area contributed by atoms with Crippen LogP contribution in [0.3, 0.4) is 0 Å². The van der Waals surface area contributed by atoms with E-state index in [1.807, 2.05) is 0 Å². The van der Waals surface area contributed by atoms with Gasteiger partial charge in [-0.1, -0.05) is 11.6 Å². The summed E-state index contributed by atoms with van der Waals surface area (Å²) in [5.41, 5.74) is 5.37. The van der Waals surface area contributed by atoms with Gasteiger partial charge in [0.05, 0.1) is 17.7 Å². The zero-order valence-corrected chi connectivity index (χ0v) is 9.78. The van der Waals surface area contributed by atoms with E-state index in [2.05, 4.69) is 4.99 Å². The minimum absolute atomic E-state index is 0.0333. The topological polar surface area (TPSA) is 56.8 Å². The number of aliphatic imine (C=N–C) groups is 1. The molecule has 6 heteroatoms. The van der Waals surface area contributed by atoms with Crippen molar-refractivity contribution in [3.63, 3.8) is 0 Å². The summed E-state index contributed by atoms with van der Waals surface area (Å²) in [6.07, 6.45) is 0.690. The second-order valence-electron chi connectivity index (χ2n) is 3.65. The Bertz CT molecular complexity index is 439. The van der Waals surface area contributed by atoms with Crippen molar-refractivity contribution in [2.45, 2.75) is 12.5 Å². The van der Waals surface area contributed by atoms with Crippen molar-refractivity contribution in [3.05, 3.63) is 29.0 Å². The van der Waals surface area contributed by atoms with E-state index in [1.54, 1.807) is 0 Å². The number of nitrogens with two attached hydrogens (primary N) is 1. The highest BCUT2D eigenvalue weighted by molar-refractivity contribution is 6.30. The fourth-order valence-corrected chi connectivity index (χ4v) is 1.63. The van der Waals surface area contributed by atoms with Crippen LogP contribution in [0, 0.1) is 5.82 Å². The number of hydrogen-bond acceptors (Lipinski definition) is 4. The highest BCUT2D eigenvalue weighted by Crippen LogP contribution is 2.21. The van der Waals surface area contributed by atoms with Gasteiger partial charge in [0.25, 0.3) is 6.02 Å². The average molecular weight is 259 g/mol. The third-order valence-corrected chi connectivity index (χ3v) is 2.63. The molecule has 0 amide bonds. The number of halogens is 2. The highest BCUT2D eigenvalue weighted by atomic mass is 35.5. The van der Waals surface area contributed by atoms with Gasteiger partial charge < -0.3 is 15.2 Å². The molecule has 2 rings (SSSR count). The lowest BCUT2D eigenvalue weighted by Crippen LogP contribution is -2.12. The van der Waals surface area contributed by atoms with Gasteiger partial charge >= 0.3 is 0 Å². The SMILES string of the molecule is NC1=N[C@@H](CCOc2ccc(F)c(Cl)c2)CO1. The number of benzene rings is 1. The summed E-state index contributed by atoms with van der Waals surface area (Å²) in [7, 11) is 0. The molecule has 92 valence electrons. The van der Waals surface area contributed by atoms with Crippen molar-refractivity contribution in [1.29, 1.82) is 0 Å². The van der Waals surface area contributed by atoms with Gasteiger partial charge in [0.1, 0.15) is 18.2 Å². The Kier molecular flexibility index (Phi) is 3.68. The molecule has 2 N–H and O–H groups in total. The van der Waals surface area contributed by atoms with Crippen LogP contribution in [0.1, 0.15) is 6.42 Å². The predicted molar refractivity (Wildman–Crippen MR) is 62.9 cm³/mol. The second-order valence-corrected chi connectivity index (χ2v) is 4.05. The second kappa shape index (κ2) is 5.23. The smallest absolute Gasteiger partial charge is 0.282 e. The zero-order valence-electron chi connectivity index (χ0n) is 9.03. The fraction of sp³-hybridized carbons (Fsp3) is 0.364. The van der Waals surface area contributed by atoms with Gasteiger partial charge in [-0.05, 0) is 12.1 Å². The molecule has 1 aromatic rings. The number of ether oxygens (including phenoxy) is 2. The lowest BCUT2D eigenvalue weighted by atomic mass is 10.2. The zero-order chi connectivity index (χ0) is 12.3. The van der Waals surface area contributed by atoms with Gasteiger partial charge in [0, 0.05) is 12.5 Å². The predicted octanol–water partition coefficient (Wildman–Crippen LogP) is 1.96. The number of rotatable bonds is 4. The van der Waals surface area contributed by atoms with E-state index >= 15 is 0 Å². The van der Waals surface area contributed by atoms with Crippen molar-refractivity contribution >= 4 is 17.6 Å². The molecule has 0 saturated carbocycles. The molecule has 4 nitrogen and oxygen atoms in total. The molecular formula is C11H12ClFN2O2. The first-order valence-electron chi connectivity index (χ1n) is 5.19. The van der Waals surface area contributed by atoms with Crippen LogP contribution < -0.4 is 10.5 Å². The third-order valence-electron chi connectivity index (χ3n) is 2.34. The minimum atomic E-state index is -0.458. The molecule has 1 heterocycles. The molecule has 1 atom stereocenters. The molecule has 1 aromatic carbocycles. The van der Waals surface area contributed by atoms with Crippen molar-refractivity contribution in [2.75, 3.05) is 13.2 Å². The van der Waals surface area contributed by atoms with E-state index in [0.717, 1.165) is 0 Å². The Labute approximate surface area is 103 Å². The van der Waals surface area contributed by atoms with Crippen LogP contribution in [-0.4, -0.2) is 25.3 Å². The van der Waals surface area contributed by atoms with Crippen LogP contribution >= 0.6 is 11.6 Å². The van der Waals surface area contributed by atoms with Gasteiger partial charge in [-0.2, -0.15) is 0 Å². The first-order valence-corrected chi connectivity index (χ1v) is 5.57.